The molecule has 1 aromatic heterocycles. The molecule has 0 saturated heterocycles. The first-order valence-corrected chi connectivity index (χ1v) is 3.59. The van der Waals surface area contributed by atoms with Crippen LogP contribution >= 0.6 is 0 Å². The highest BCUT2D eigenvalue weighted by atomic mass is 16.3. The zero-order valence-corrected chi connectivity index (χ0v) is 6.77. The van der Waals surface area contributed by atoms with Crippen LogP contribution in [0.2, 0.25) is 0 Å². The summed E-state index contributed by atoms with van der Waals surface area (Å²) in [5, 5.41) is 13.0. The summed E-state index contributed by atoms with van der Waals surface area (Å²) in [4.78, 5) is 10.4. The molecule has 0 saturated carbocycles. The van der Waals surface area contributed by atoms with Crippen LogP contribution in [0.4, 0.5) is 0 Å². The molecule has 0 aliphatic heterocycles. The van der Waals surface area contributed by atoms with Crippen molar-refractivity contribution in [2.45, 2.75) is 19.6 Å². The third kappa shape index (κ3) is 2.06. The lowest BCUT2D eigenvalue weighted by Gasteiger charge is -1.98. The van der Waals surface area contributed by atoms with Crippen LogP contribution in [0.15, 0.2) is 12.3 Å². The number of carbonyl (C=O) groups is 1. The summed E-state index contributed by atoms with van der Waals surface area (Å²) >= 11 is 0. The zero-order chi connectivity index (χ0) is 9.14. The van der Waals surface area contributed by atoms with Gasteiger partial charge in [0, 0.05) is 6.20 Å². The Labute approximate surface area is 69.8 Å². The van der Waals surface area contributed by atoms with Gasteiger partial charge in [0.2, 0.25) is 5.91 Å². The van der Waals surface area contributed by atoms with Crippen molar-refractivity contribution in [3.8, 4) is 0 Å². The number of nitrogens with two attached hydrogens (primary N) is 1. The SMILES string of the molecule is CC(O)c1ccn(CC(N)=O)n1. The molecule has 0 fully saturated rings. The summed E-state index contributed by atoms with van der Waals surface area (Å²) in [5.74, 6) is -0.449. The maximum atomic E-state index is 10.4. The topological polar surface area (TPSA) is 81.1 Å². The molecule has 0 bridgehead atoms. The van der Waals surface area contributed by atoms with Crippen LogP contribution < -0.4 is 5.73 Å². The lowest BCUT2D eigenvalue weighted by molar-refractivity contribution is -0.118. The first kappa shape index (κ1) is 8.73. The molecular formula is C7H11N3O2. The number of amides is 1. The number of hydrogen-bond donors (Lipinski definition) is 2. The summed E-state index contributed by atoms with van der Waals surface area (Å²) in [6, 6.07) is 1.65. The van der Waals surface area contributed by atoms with Crippen molar-refractivity contribution in [3.63, 3.8) is 0 Å². The summed E-state index contributed by atoms with van der Waals surface area (Å²) < 4.78 is 1.39. The van der Waals surface area contributed by atoms with Gasteiger partial charge in [0.05, 0.1) is 11.8 Å². The van der Waals surface area contributed by atoms with E-state index in [4.69, 9.17) is 10.8 Å². The monoisotopic (exact) mass is 169 g/mol. The van der Waals surface area contributed by atoms with Crippen LogP contribution in [0.1, 0.15) is 18.7 Å². The molecule has 5 heteroatoms. The maximum Gasteiger partial charge on any atom is 0.239 e. The van der Waals surface area contributed by atoms with Gasteiger partial charge in [-0.15, -0.1) is 0 Å². The lowest BCUT2D eigenvalue weighted by atomic mass is 10.3. The second kappa shape index (κ2) is 3.36. The molecule has 1 amide bonds. The Morgan fingerprint density at radius 3 is 3.00 bits per heavy atom. The Kier molecular flexibility index (Phi) is 2.44. The van der Waals surface area contributed by atoms with Gasteiger partial charge in [0.1, 0.15) is 6.54 Å². The van der Waals surface area contributed by atoms with E-state index in [2.05, 4.69) is 5.10 Å². The van der Waals surface area contributed by atoms with Crippen molar-refractivity contribution in [3.05, 3.63) is 18.0 Å². The molecule has 0 aliphatic carbocycles. The van der Waals surface area contributed by atoms with E-state index >= 15 is 0 Å². The van der Waals surface area contributed by atoms with Crippen LogP contribution in [0.5, 0.6) is 0 Å². The van der Waals surface area contributed by atoms with E-state index in [0.717, 1.165) is 0 Å². The minimum Gasteiger partial charge on any atom is -0.387 e. The van der Waals surface area contributed by atoms with E-state index in [1.165, 1.54) is 4.68 Å². The van der Waals surface area contributed by atoms with E-state index in [1.54, 1.807) is 19.2 Å². The normalized spacial score (nSPS) is 12.8. The molecule has 0 aromatic carbocycles. The Balaban J connectivity index is 2.70. The molecule has 3 N–H and O–H groups in total. The Bertz CT molecular complexity index is 280. The van der Waals surface area contributed by atoms with Gasteiger partial charge in [-0.1, -0.05) is 0 Å². The first-order valence-electron chi connectivity index (χ1n) is 3.59. The number of carbonyl (C=O) groups excluding carboxylic acids is 1. The maximum absolute atomic E-state index is 10.4. The van der Waals surface area contributed by atoms with E-state index in [9.17, 15) is 4.79 Å². The van der Waals surface area contributed by atoms with E-state index < -0.39 is 12.0 Å². The van der Waals surface area contributed by atoms with E-state index in [-0.39, 0.29) is 6.54 Å². The summed E-state index contributed by atoms with van der Waals surface area (Å²) in [5.41, 5.74) is 5.49. The quantitative estimate of drug-likeness (QED) is 0.635. The zero-order valence-electron chi connectivity index (χ0n) is 6.77. The first-order chi connectivity index (χ1) is 5.59. The molecule has 0 aliphatic rings. The Morgan fingerprint density at radius 1 is 1.92 bits per heavy atom. The molecule has 5 nitrogen and oxygen atoms in total. The minimum atomic E-state index is -0.612. The number of aromatic nitrogens is 2. The molecule has 66 valence electrons. The number of aliphatic hydroxyl groups excluding tert-OH is 1. The van der Waals surface area contributed by atoms with Crippen molar-refractivity contribution in [2.75, 3.05) is 0 Å². The fraction of sp³-hybridized carbons (Fsp3) is 0.429. The number of aliphatic hydroxyl groups is 1. The highest BCUT2D eigenvalue weighted by Crippen LogP contribution is 2.07. The largest absolute Gasteiger partial charge is 0.387 e. The van der Waals surface area contributed by atoms with Gasteiger partial charge >= 0.3 is 0 Å². The molecule has 0 spiro atoms. The Hall–Kier alpha value is -1.36. The second-order valence-corrected chi connectivity index (χ2v) is 2.58. The molecule has 0 radical (unpaired) electrons. The number of primary amides is 1. The van der Waals surface area contributed by atoms with Crippen molar-refractivity contribution >= 4 is 5.91 Å². The van der Waals surface area contributed by atoms with Gasteiger partial charge in [-0.05, 0) is 13.0 Å². The average Bonchev–Trinajstić information content (AvgIpc) is 2.34. The third-order valence-electron chi connectivity index (χ3n) is 1.41. The van der Waals surface area contributed by atoms with Crippen molar-refractivity contribution in [2.24, 2.45) is 5.73 Å². The molecule has 1 aromatic rings. The molecular weight excluding hydrogens is 158 g/mol. The van der Waals surface area contributed by atoms with E-state index in [1.807, 2.05) is 0 Å². The third-order valence-corrected chi connectivity index (χ3v) is 1.41. The van der Waals surface area contributed by atoms with Crippen LogP contribution in [0.3, 0.4) is 0 Å². The molecule has 1 rings (SSSR count). The molecule has 1 atom stereocenters. The van der Waals surface area contributed by atoms with Crippen molar-refractivity contribution < 1.29 is 9.90 Å². The van der Waals surface area contributed by atoms with Gasteiger partial charge < -0.3 is 10.8 Å². The van der Waals surface area contributed by atoms with Gasteiger partial charge in [0.25, 0.3) is 0 Å². The summed E-state index contributed by atoms with van der Waals surface area (Å²) in [6.45, 7) is 1.66. The van der Waals surface area contributed by atoms with E-state index in [0.29, 0.717) is 5.69 Å². The molecule has 1 heterocycles. The minimum absolute atomic E-state index is 0.0483. The lowest BCUT2D eigenvalue weighted by Crippen LogP contribution is -2.19. The molecule has 12 heavy (non-hydrogen) atoms. The van der Waals surface area contributed by atoms with Crippen LogP contribution in [0, 0.1) is 0 Å². The van der Waals surface area contributed by atoms with Crippen molar-refractivity contribution in [1.29, 1.82) is 0 Å². The average molecular weight is 169 g/mol. The second-order valence-electron chi connectivity index (χ2n) is 2.58. The van der Waals surface area contributed by atoms with Gasteiger partial charge in [-0.2, -0.15) is 5.10 Å². The predicted molar refractivity (Wildman–Crippen MR) is 42.1 cm³/mol. The van der Waals surface area contributed by atoms with Crippen molar-refractivity contribution in [1.82, 2.24) is 9.78 Å². The van der Waals surface area contributed by atoms with Crippen LogP contribution in [-0.4, -0.2) is 20.8 Å². The fourth-order valence-corrected chi connectivity index (χ4v) is 0.848. The van der Waals surface area contributed by atoms with Crippen LogP contribution in [-0.2, 0) is 11.3 Å². The summed E-state index contributed by atoms with van der Waals surface area (Å²) in [6.07, 6.45) is 0.992. The fourth-order valence-electron chi connectivity index (χ4n) is 0.848. The summed E-state index contributed by atoms with van der Waals surface area (Å²) in [7, 11) is 0. The van der Waals surface area contributed by atoms with Crippen LogP contribution in [0.25, 0.3) is 0 Å². The number of rotatable bonds is 3. The Morgan fingerprint density at radius 2 is 2.58 bits per heavy atom. The van der Waals surface area contributed by atoms with Gasteiger partial charge in [-0.25, -0.2) is 0 Å². The highest BCUT2D eigenvalue weighted by molar-refractivity contribution is 5.73. The molecule has 1 unspecified atom stereocenters. The number of nitrogens with zero attached hydrogens (tertiary/aromatic N) is 2. The predicted octanol–water partition coefficient (Wildman–Crippen LogP) is -0.578. The smallest absolute Gasteiger partial charge is 0.239 e. The number of hydrogen-bond acceptors (Lipinski definition) is 3. The standard InChI is InChI=1S/C7H11N3O2/c1-5(11)6-2-3-10(9-6)4-7(8)12/h2-3,5,11H,4H2,1H3,(H2,8,12). The van der Waals surface area contributed by atoms with Gasteiger partial charge in [0.15, 0.2) is 0 Å². The van der Waals surface area contributed by atoms with Gasteiger partial charge in [-0.3, -0.25) is 9.48 Å². The highest BCUT2D eigenvalue weighted by Gasteiger charge is 2.05.